The number of hydrogen-bond acceptors (Lipinski definition) is 6. The summed E-state index contributed by atoms with van der Waals surface area (Å²) < 4.78 is 7.34. The van der Waals surface area contributed by atoms with Gasteiger partial charge in [-0.2, -0.15) is 10.1 Å². The van der Waals surface area contributed by atoms with Crippen LogP contribution in [0, 0.1) is 13.8 Å². The summed E-state index contributed by atoms with van der Waals surface area (Å²) in [5, 5.41) is 8.46. The molecule has 1 aliphatic heterocycles. The lowest BCUT2D eigenvalue weighted by atomic mass is 10.1. The molecule has 0 saturated carbocycles. The fourth-order valence-corrected chi connectivity index (χ4v) is 4.12. The van der Waals surface area contributed by atoms with Gasteiger partial charge in [-0.25, -0.2) is 4.68 Å². The van der Waals surface area contributed by atoms with Crippen LogP contribution in [-0.4, -0.2) is 61.8 Å². The molecule has 0 aliphatic carbocycles. The van der Waals surface area contributed by atoms with Crippen LogP contribution in [0.25, 0.3) is 17.1 Å². The molecule has 1 saturated heterocycles. The number of hydrogen-bond donors (Lipinski definition) is 0. The molecule has 5 rings (SSSR count). The summed E-state index contributed by atoms with van der Waals surface area (Å²) in [6.07, 6.45) is 1.77. The van der Waals surface area contributed by atoms with E-state index in [-0.39, 0.29) is 5.91 Å². The molecule has 0 bridgehead atoms. The van der Waals surface area contributed by atoms with Crippen molar-refractivity contribution >= 4 is 5.91 Å². The molecule has 8 heteroatoms. The van der Waals surface area contributed by atoms with Crippen molar-refractivity contribution < 1.29 is 9.32 Å². The Hall–Kier alpha value is -3.78. The third-order valence-corrected chi connectivity index (χ3v) is 6.06. The Bertz CT molecular complexity index is 1250. The molecule has 168 valence electrons. The second-order valence-electron chi connectivity index (χ2n) is 8.33. The molecule has 1 amide bonds. The maximum absolute atomic E-state index is 13.0. The van der Waals surface area contributed by atoms with Crippen LogP contribution in [0.5, 0.6) is 0 Å². The zero-order chi connectivity index (χ0) is 22.8. The first-order chi connectivity index (χ1) is 16.1. The normalized spacial score (nSPS) is 14.5. The highest BCUT2D eigenvalue weighted by molar-refractivity contribution is 5.94. The van der Waals surface area contributed by atoms with Crippen molar-refractivity contribution in [2.24, 2.45) is 0 Å². The number of aryl methyl sites for hydroxylation is 2. The molecule has 2 aromatic carbocycles. The van der Waals surface area contributed by atoms with Crippen molar-refractivity contribution in [3.05, 3.63) is 83.5 Å². The summed E-state index contributed by atoms with van der Waals surface area (Å²) in [6.45, 7) is 7.47. The minimum absolute atomic E-state index is 0.0537. The van der Waals surface area contributed by atoms with Gasteiger partial charge in [-0.1, -0.05) is 29.4 Å². The van der Waals surface area contributed by atoms with Crippen molar-refractivity contribution in [1.29, 1.82) is 0 Å². The van der Waals surface area contributed by atoms with E-state index in [4.69, 9.17) is 4.52 Å². The van der Waals surface area contributed by atoms with Crippen molar-refractivity contribution in [3.63, 3.8) is 0 Å². The summed E-state index contributed by atoms with van der Waals surface area (Å²) in [5.74, 6) is 1.27. The molecule has 0 spiro atoms. The zero-order valence-electron chi connectivity index (χ0n) is 18.8. The van der Waals surface area contributed by atoms with Crippen molar-refractivity contribution in [1.82, 2.24) is 29.7 Å². The molecule has 1 aliphatic rings. The molecule has 0 unspecified atom stereocenters. The number of carbonyl (C=O) groups excluding carboxylic acids is 1. The molecular weight excluding hydrogens is 416 g/mol. The number of aromatic nitrogens is 4. The molecular formula is C25H26N6O2. The van der Waals surface area contributed by atoms with Gasteiger partial charge >= 0.3 is 0 Å². The van der Waals surface area contributed by atoms with Crippen molar-refractivity contribution in [3.8, 4) is 17.1 Å². The van der Waals surface area contributed by atoms with E-state index in [2.05, 4.69) is 20.1 Å². The van der Waals surface area contributed by atoms with Crippen LogP contribution in [0.15, 0.2) is 65.3 Å². The molecule has 8 nitrogen and oxygen atoms in total. The van der Waals surface area contributed by atoms with E-state index in [1.54, 1.807) is 6.20 Å². The molecule has 4 aromatic rings. The van der Waals surface area contributed by atoms with Gasteiger partial charge in [0.25, 0.3) is 5.91 Å². The smallest absolute Gasteiger partial charge is 0.253 e. The fraction of sp³-hybridized carbons (Fsp3) is 0.280. The summed E-state index contributed by atoms with van der Waals surface area (Å²) in [6, 6.07) is 17.6. The van der Waals surface area contributed by atoms with E-state index in [1.165, 1.54) is 0 Å². The van der Waals surface area contributed by atoms with Gasteiger partial charge in [0.2, 0.25) is 11.7 Å². The van der Waals surface area contributed by atoms with Gasteiger partial charge in [-0.15, -0.1) is 0 Å². The number of nitrogens with zero attached hydrogens (tertiary/aromatic N) is 6. The summed E-state index contributed by atoms with van der Waals surface area (Å²) >= 11 is 0. The SMILES string of the molecule is Cc1ccccc1-c1noc(CN2CCN(C(=O)c3ccc(-n4nccc4C)cc3)CC2)n1. The lowest BCUT2D eigenvalue weighted by molar-refractivity contribution is 0.0615. The van der Waals surface area contributed by atoms with Crippen LogP contribution in [0.4, 0.5) is 0 Å². The molecule has 33 heavy (non-hydrogen) atoms. The average Bonchev–Trinajstić information content (AvgIpc) is 3.48. The summed E-state index contributed by atoms with van der Waals surface area (Å²) in [4.78, 5) is 21.7. The van der Waals surface area contributed by atoms with Crippen LogP contribution in [0.2, 0.25) is 0 Å². The highest BCUT2D eigenvalue weighted by Gasteiger charge is 2.23. The summed E-state index contributed by atoms with van der Waals surface area (Å²) in [5.41, 5.74) is 4.79. The second kappa shape index (κ2) is 8.99. The van der Waals surface area contributed by atoms with Crippen LogP contribution in [0.3, 0.4) is 0 Å². The van der Waals surface area contributed by atoms with E-state index in [1.807, 2.05) is 78.0 Å². The second-order valence-corrected chi connectivity index (χ2v) is 8.33. The minimum atomic E-state index is 0.0537. The number of piperazine rings is 1. The Kier molecular flexibility index (Phi) is 5.75. The Morgan fingerprint density at radius 2 is 1.73 bits per heavy atom. The number of carbonyl (C=O) groups is 1. The van der Waals surface area contributed by atoms with Gasteiger partial charge in [0.05, 0.1) is 12.2 Å². The first-order valence-electron chi connectivity index (χ1n) is 11.1. The Morgan fingerprint density at radius 3 is 2.42 bits per heavy atom. The Morgan fingerprint density at radius 1 is 0.970 bits per heavy atom. The maximum atomic E-state index is 13.0. The molecule has 0 radical (unpaired) electrons. The summed E-state index contributed by atoms with van der Waals surface area (Å²) in [7, 11) is 0. The van der Waals surface area contributed by atoms with Gasteiger partial charge in [-0.3, -0.25) is 9.69 Å². The topological polar surface area (TPSA) is 80.3 Å². The van der Waals surface area contributed by atoms with Crippen LogP contribution in [0.1, 0.15) is 27.5 Å². The Labute approximate surface area is 192 Å². The number of amides is 1. The first-order valence-corrected chi connectivity index (χ1v) is 11.1. The quantitative estimate of drug-likeness (QED) is 0.471. The van der Waals surface area contributed by atoms with E-state index in [0.29, 0.717) is 36.9 Å². The van der Waals surface area contributed by atoms with E-state index >= 15 is 0 Å². The maximum Gasteiger partial charge on any atom is 0.253 e. The number of benzene rings is 2. The predicted molar refractivity (Wildman–Crippen MR) is 124 cm³/mol. The van der Waals surface area contributed by atoms with Crippen LogP contribution >= 0.6 is 0 Å². The zero-order valence-corrected chi connectivity index (χ0v) is 18.8. The van der Waals surface area contributed by atoms with Gasteiger partial charge < -0.3 is 9.42 Å². The van der Waals surface area contributed by atoms with E-state index in [9.17, 15) is 4.79 Å². The molecule has 2 aromatic heterocycles. The number of rotatable bonds is 5. The largest absolute Gasteiger partial charge is 0.338 e. The van der Waals surface area contributed by atoms with Gasteiger partial charge in [0, 0.05) is 49.2 Å². The van der Waals surface area contributed by atoms with E-state index in [0.717, 1.165) is 35.6 Å². The van der Waals surface area contributed by atoms with Crippen molar-refractivity contribution in [2.45, 2.75) is 20.4 Å². The van der Waals surface area contributed by atoms with Crippen LogP contribution < -0.4 is 0 Å². The molecule has 1 fully saturated rings. The van der Waals surface area contributed by atoms with Gasteiger partial charge in [0.1, 0.15) is 0 Å². The monoisotopic (exact) mass is 442 g/mol. The van der Waals surface area contributed by atoms with Gasteiger partial charge in [-0.05, 0) is 49.7 Å². The lowest BCUT2D eigenvalue weighted by Gasteiger charge is -2.34. The Balaban J connectivity index is 1.17. The third-order valence-electron chi connectivity index (χ3n) is 6.06. The van der Waals surface area contributed by atoms with Crippen molar-refractivity contribution in [2.75, 3.05) is 26.2 Å². The average molecular weight is 443 g/mol. The van der Waals surface area contributed by atoms with Gasteiger partial charge in [0.15, 0.2) is 0 Å². The van der Waals surface area contributed by atoms with Crippen LogP contribution in [-0.2, 0) is 6.54 Å². The molecule has 0 atom stereocenters. The minimum Gasteiger partial charge on any atom is -0.338 e. The fourth-order valence-electron chi connectivity index (χ4n) is 4.12. The lowest BCUT2D eigenvalue weighted by Crippen LogP contribution is -2.48. The third kappa shape index (κ3) is 4.42. The predicted octanol–water partition coefficient (Wildman–Crippen LogP) is 3.50. The molecule has 0 N–H and O–H groups in total. The molecule has 3 heterocycles. The highest BCUT2D eigenvalue weighted by Crippen LogP contribution is 2.21. The first kappa shape index (κ1) is 21.1. The van der Waals surface area contributed by atoms with E-state index < -0.39 is 0 Å². The standard InChI is InChI=1S/C25H26N6O2/c1-18-5-3-4-6-22(18)24-27-23(33-28-24)17-29-13-15-30(16-14-29)25(32)20-7-9-21(10-8-20)31-19(2)11-12-26-31/h3-12H,13-17H2,1-2H3. The highest BCUT2D eigenvalue weighted by atomic mass is 16.5.